The predicted molar refractivity (Wildman–Crippen MR) is 78.6 cm³/mol. The van der Waals surface area contributed by atoms with Crippen LogP contribution in [0, 0.1) is 0 Å². The molecular formula is C17H20N2O. The lowest BCUT2D eigenvalue weighted by molar-refractivity contribution is -0.117. The molecule has 2 aromatic rings. The molecule has 0 amide bonds. The van der Waals surface area contributed by atoms with Crippen LogP contribution in [0.25, 0.3) is 0 Å². The Hall–Kier alpha value is -1.90. The normalized spacial score (nSPS) is 15.6. The number of aromatic nitrogens is 2. The summed E-state index contributed by atoms with van der Waals surface area (Å²) in [6.45, 7) is 0. The van der Waals surface area contributed by atoms with E-state index < -0.39 is 0 Å². The Morgan fingerprint density at radius 1 is 1.10 bits per heavy atom. The summed E-state index contributed by atoms with van der Waals surface area (Å²) < 4.78 is 2.05. The number of hydrogen-bond donors (Lipinski definition) is 0. The molecule has 3 rings (SSSR count). The van der Waals surface area contributed by atoms with Crippen LogP contribution >= 0.6 is 0 Å². The van der Waals surface area contributed by atoms with Crippen molar-refractivity contribution < 1.29 is 4.79 Å². The topological polar surface area (TPSA) is 34.9 Å². The van der Waals surface area contributed by atoms with Crippen molar-refractivity contribution in [3.05, 3.63) is 53.9 Å². The van der Waals surface area contributed by atoms with Gasteiger partial charge in [0.2, 0.25) is 0 Å². The first-order valence-electron chi connectivity index (χ1n) is 7.41. The van der Waals surface area contributed by atoms with Gasteiger partial charge in [0.25, 0.3) is 0 Å². The molecule has 0 aliphatic heterocycles. The molecule has 1 aliphatic rings. The Bertz CT molecular complexity index is 568. The van der Waals surface area contributed by atoms with Crippen LogP contribution in [0.1, 0.15) is 43.0 Å². The van der Waals surface area contributed by atoms with Crippen LogP contribution in [0.5, 0.6) is 0 Å². The lowest BCUT2D eigenvalue weighted by atomic mass is 10.1. The quantitative estimate of drug-likeness (QED) is 0.833. The Morgan fingerprint density at radius 2 is 1.85 bits per heavy atom. The van der Waals surface area contributed by atoms with Crippen LogP contribution in [0.4, 0.5) is 0 Å². The van der Waals surface area contributed by atoms with Crippen molar-refractivity contribution in [1.29, 1.82) is 0 Å². The largest absolute Gasteiger partial charge is 0.299 e. The van der Waals surface area contributed by atoms with Crippen molar-refractivity contribution in [2.24, 2.45) is 0 Å². The average molecular weight is 268 g/mol. The third kappa shape index (κ3) is 3.16. The van der Waals surface area contributed by atoms with Crippen LogP contribution < -0.4 is 0 Å². The summed E-state index contributed by atoms with van der Waals surface area (Å²) in [6, 6.07) is 12.4. The van der Waals surface area contributed by atoms with E-state index in [9.17, 15) is 4.79 Å². The standard InChI is InChI=1S/C17H20N2O/c20-17(12-14-6-2-1-3-7-14)13-15-10-11-19(18-15)16-8-4-5-9-16/h1-3,6-7,10-11,16H,4-5,8-9,12-13H2. The molecule has 1 aromatic heterocycles. The zero-order chi connectivity index (χ0) is 13.8. The molecule has 1 fully saturated rings. The van der Waals surface area contributed by atoms with E-state index in [1.165, 1.54) is 25.7 Å². The Balaban J connectivity index is 1.59. The van der Waals surface area contributed by atoms with Crippen molar-refractivity contribution in [2.75, 3.05) is 0 Å². The maximum Gasteiger partial charge on any atom is 0.143 e. The van der Waals surface area contributed by atoms with Crippen molar-refractivity contribution in [2.45, 2.75) is 44.6 Å². The fourth-order valence-corrected chi connectivity index (χ4v) is 2.93. The maximum atomic E-state index is 12.1. The van der Waals surface area contributed by atoms with Gasteiger partial charge in [0.15, 0.2) is 0 Å². The number of benzene rings is 1. The van der Waals surface area contributed by atoms with Gasteiger partial charge in [-0.15, -0.1) is 0 Å². The van der Waals surface area contributed by atoms with Gasteiger partial charge < -0.3 is 0 Å². The number of carbonyl (C=O) groups excluding carboxylic acids is 1. The van der Waals surface area contributed by atoms with Gasteiger partial charge in [0.1, 0.15) is 5.78 Å². The smallest absolute Gasteiger partial charge is 0.143 e. The van der Waals surface area contributed by atoms with Gasteiger partial charge in [0, 0.05) is 12.6 Å². The van der Waals surface area contributed by atoms with Crippen molar-refractivity contribution >= 4 is 5.78 Å². The van der Waals surface area contributed by atoms with Crippen LogP contribution in [-0.2, 0) is 17.6 Å². The maximum absolute atomic E-state index is 12.1. The van der Waals surface area contributed by atoms with Crippen molar-refractivity contribution in [3.63, 3.8) is 0 Å². The summed E-state index contributed by atoms with van der Waals surface area (Å²) in [6.07, 6.45) is 8.00. The minimum Gasteiger partial charge on any atom is -0.299 e. The lowest BCUT2D eigenvalue weighted by Crippen LogP contribution is -2.09. The summed E-state index contributed by atoms with van der Waals surface area (Å²) in [5.41, 5.74) is 1.98. The number of nitrogens with zero attached hydrogens (tertiary/aromatic N) is 2. The fraction of sp³-hybridized carbons (Fsp3) is 0.412. The summed E-state index contributed by atoms with van der Waals surface area (Å²) in [5.74, 6) is 0.230. The SMILES string of the molecule is O=C(Cc1ccccc1)Cc1ccn(C2CCCC2)n1. The Morgan fingerprint density at radius 3 is 2.60 bits per heavy atom. The van der Waals surface area contributed by atoms with E-state index in [4.69, 9.17) is 0 Å². The van der Waals surface area contributed by atoms with E-state index in [0.29, 0.717) is 18.9 Å². The molecule has 1 aliphatic carbocycles. The van der Waals surface area contributed by atoms with E-state index in [0.717, 1.165) is 11.3 Å². The number of ketones is 1. The number of hydrogen-bond acceptors (Lipinski definition) is 2. The highest BCUT2D eigenvalue weighted by molar-refractivity contribution is 5.82. The predicted octanol–water partition coefficient (Wildman–Crippen LogP) is 3.35. The summed E-state index contributed by atoms with van der Waals surface area (Å²) in [5, 5.41) is 4.57. The second-order valence-electron chi connectivity index (χ2n) is 5.60. The fourth-order valence-electron chi connectivity index (χ4n) is 2.93. The Kier molecular flexibility index (Phi) is 3.95. The zero-order valence-electron chi connectivity index (χ0n) is 11.7. The second-order valence-corrected chi connectivity index (χ2v) is 5.60. The van der Waals surface area contributed by atoms with Gasteiger partial charge in [-0.1, -0.05) is 43.2 Å². The monoisotopic (exact) mass is 268 g/mol. The van der Waals surface area contributed by atoms with Gasteiger partial charge in [-0.3, -0.25) is 9.48 Å². The molecule has 0 unspecified atom stereocenters. The number of rotatable bonds is 5. The first kappa shape index (κ1) is 13.1. The van der Waals surface area contributed by atoms with Crippen molar-refractivity contribution in [3.8, 4) is 0 Å². The van der Waals surface area contributed by atoms with E-state index >= 15 is 0 Å². The number of carbonyl (C=O) groups is 1. The third-order valence-electron chi connectivity index (χ3n) is 3.98. The van der Waals surface area contributed by atoms with Gasteiger partial charge in [-0.2, -0.15) is 5.10 Å². The van der Waals surface area contributed by atoms with Gasteiger partial charge in [-0.25, -0.2) is 0 Å². The summed E-state index contributed by atoms with van der Waals surface area (Å²) in [7, 11) is 0. The molecule has 0 radical (unpaired) electrons. The summed E-state index contributed by atoms with van der Waals surface area (Å²) in [4.78, 5) is 12.1. The van der Waals surface area contributed by atoms with E-state index in [-0.39, 0.29) is 5.78 Å². The molecule has 1 aromatic carbocycles. The molecule has 20 heavy (non-hydrogen) atoms. The third-order valence-corrected chi connectivity index (χ3v) is 3.98. The minimum absolute atomic E-state index is 0.230. The van der Waals surface area contributed by atoms with E-state index in [1.807, 2.05) is 42.6 Å². The molecule has 1 saturated carbocycles. The van der Waals surface area contributed by atoms with Crippen LogP contribution in [0.15, 0.2) is 42.6 Å². The van der Waals surface area contributed by atoms with Crippen LogP contribution in [0.3, 0.4) is 0 Å². The summed E-state index contributed by atoms with van der Waals surface area (Å²) >= 11 is 0. The molecular weight excluding hydrogens is 248 g/mol. The minimum atomic E-state index is 0.230. The first-order chi connectivity index (χ1) is 9.81. The highest BCUT2D eigenvalue weighted by Gasteiger charge is 2.18. The van der Waals surface area contributed by atoms with E-state index in [1.54, 1.807) is 0 Å². The molecule has 3 heteroatoms. The lowest BCUT2D eigenvalue weighted by Gasteiger charge is -2.08. The van der Waals surface area contributed by atoms with Crippen LogP contribution in [-0.4, -0.2) is 15.6 Å². The second kappa shape index (κ2) is 6.04. The van der Waals surface area contributed by atoms with Crippen molar-refractivity contribution in [1.82, 2.24) is 9.78 Å². The van der Waals surface area contributed by atoms with E-state index in [2.05, 4.69) is 9.78 Å². The Labute approximate surface area is 119 Å². The molecule has 0 N–H and O–H groups in total. The molecule has 0 spiro atoms. The molecule has 3 nitrogen and oxygen atoms in total. The molecule has 0 atom stereocenters. The van der Waals surface area contributed by atoms with Gasteiger partial charge >= 0.3 is 0 Å². The van der Waals surface area contributed by atoms with Gasteiger partial charge in [0.05, 0.1) is 18.2 Å². The highest BCUT2D eigenvalue weighted by atomic mass is 16.1. The zero-order valence-corrected chi connectivity index (χ0v) is 11.7. The molecule has 0 bridgehead atoms. The highest BCUT2D eigenvalue weighted by Crippen LogP contribution is 2.28. The number of Topliss-reactive ketones (excluding diaryl/α,β-unsaturated/α-hetero) is 1. The van der Waals surface area contributed by atoms with Gasteiger partial charge in [-0.05, 0) is 24.5 Å². The molecule has 104 valence electrons. The van der Waals surface area contributed by atoms with Crippen LogP contribution in [0.2, 0.25) is 0 Å². The molecule has 0 saturated heterocycles. The first-order valence-corrected chi connectivity index (χ1v) is 7.41. The average Bonchev–Trinajstić information content (AvgIpc) is 3.10. The molecule has 1 heterocycles.